The van der Waals surface area contributed by atoms with Gasteiger partial charge in [0.1, 0.15) is 11.9 Å². The molecule has 6 nitrogen and oxygen atoms in total. The van der Waals surface area contributed by atoms with Crippen molar-refractivity contribution in [3.63, 3.8) is 0 Å². The molecule has 2 unspecified atom stereocenters. The maximum atomic E-state index is 12.9. The van der Waals surface area contributed by atoms with E-state index in [1.807, 2.05) is 23.1 Å². The highest BCUT2D eigenvalue weighted by molar-refractivity contribution is 6.37. The highest BCUT2D eigenvalue weighted by atomic mass is 16.6. The number of amides is 1. The summed E-state index contributed by atoms with van der Waals surface area (Å²) in [5.41, 5.74) is 5.97. The van der Waals surface area contributed by atoms with Crippen LogP contribution < -0.4 is 10.2 Å². The summed E-state index contributed by atoms with van der Waals surface area (Å²) in [6.45, 7) is 7.80. The Hall–Kier alpha value is -2.96. The molecule has 2 atom stereocenters. The first-order chi connectivity index (χ1) is 14.9. The number of aliphatic imine (C=N–C) groups is 1. The van der Waals surface area contributed by atoms with Crippen molar-refractivity contribution in [1.29, 1.82) is 0 Å². The molecule has 0 bridgehead atoms. The molecule has 0 spiro atoms. The van der Waals surface area contributed by atoms with Crippen LogP contribution >= 0.6 is 0 Å². The molecule has 4 rings (SSSR count). The Kier molecular flexibility index (Phi) is 5.69. The second-order valence-electron chi connectivity index (χ2n) is 8.16. The molecule has 1 aromatic rings. The molecule has 2 heterocycles. The summed E-state index contributed by atoms with van der Waals surface area (Å²) in [5, 5.41) is 13.3. The summed E-state index contributed by atoms with van der Waals surface area (Å²) < 4.78 is 5.27. The third-order valence-corrected chi connectivity index (χ3v) is 6.35. The number of carbonyl (C=O) groups is 1. The third kappa shape index (κ3) is 3.66. The highest BCUT2D eigenvalue weighted by Crippen LogP contribution is 2.46. The van der Waals surface area contributed by atoms with Gasteiger partial charge in [-0.15, -0.1) is 0 Å². The Morgan fingerprint density at radius 3 is 2.81 bits per heavy atom. The minimum Gasteiger partial charge on any atom is -0.365 e. The minimum atomic E-state index is -1.11. The second kappa shape index (κ2) is 8.29. The number of anilines is 1. The SMILES string of the molecule is C=C/C=C1\C(=NC)N(C2CCC(=C)NC2=O)c2cccc(C3=CCC(O)(OC)CC3)c21. The van der Waals surface area contributed by atoms with Gasteiger partial charge in [-0.25, -0.2) is 0 Å². The fraction of sp³-hybridized carbons (Fsp3) is 0.360. The van der Waals surface area contributed by atoms with E-state index < -0.39 is 5.79 Å². The van der Waals surface area contributed by atoms with Gasteiger partial charge >= 0.3 is 0 Å². The van der Waals surface area contributed by atoms with Crippen LogP contribution in [-0.2, 0) is 9.53 Å². The maximum absolute atomic E-state index is 12.9. The molecular formula is C25H29N3O3. The zero-order valence-electron chi connectivity index (χ0n) is 18.1. The van der Waals surface area contributed by atoms with E-state index in [0.717, 1.165) is 45.9 Å². The molecule has 1 aromatic carbocycles. The largest absolute Gasteiger partial charge is 0.365 e. The molecule has 1 saturated heterocycles. The zero-order valence-corrected chi connectivity index (χ0v) is 18.1. The monoisotopic (exact) mass is 419 g/mol. The van der Waals surface area contributed by atoms with Crippen LogP contribution in [0.1, 0.15) is 43.2 Å². The molecule has 1 aliphatic carbocycles. The number of aliphatic hydroxyl groups is 1. The summed E-state index contributed by atoms with van der Waals surface area (Å²) >= 11 is 0. The number of hydrogen-bond acceptors (Lipinski definition) is 4. The molecule has 6 heteroatoms. The average Bonchev–Trinajstić information content (AvgIpc) is 3.08. The van der Waals surface area contributed by atoms with E-state index in [1.165, 1.54) is 7.11 Å². The number of benzene rings is 1. The number of nitrogens with one attached hydrogen (secondary N) is 1. The molecule has 2 aliphatic heterocycles. The van der Waals surface area contributed by atoms with Gasteiger partial charge in [-0.3, -0.25) is 9.79 Å². The molecule has 2 N–H and O–H groups in total. The number of methoxy groups -OCH3 is 1. The van der Waals surface area contributed by atoms with Gasteiger partial charge in [-0.05, 0) is 36.5 Å². The van der Waals surface area contributed by atoms with Gasteiger partial charge in [0, 0.05) is 43.8 Å². The molecule has 1 fully saturated rings. The van der Waals surface area contributed by atoms with Crippen LogP contribution in [0.3, 0.4) is 0 Å². The number of fused-ring (bicyclic) bond motifs is 1. The number of rotatable bonds is 4. The first-order valence-corrected chi connectivity index (χ1v) is 10.6. The Bertz CT molecular complexity index is 1040. The molecule has 162 valence electrons. The summed E-state index contributed by atoms with van der Waals surface area (Å²) in [6.07, 6.45) is 8.85. The van der Waals surface area contributed by atoms with Crippen molar-refractivity contribution in [1.82, 2.24) is 5.32 Å². The number of carbonyl (C=O) groups excluding carboxylic acids is 1. The van der Waals surface area contributed by atoms with E-state index in [1.54, 1.807) is 13.1 Å². The lowest BCUT2D eigenvalue weighted by Crippen LogP contribution is -2.50. The van der Waals surface area contributed by atoms with Crippen molar-refractivity contribution in [3.05, 3.63) is 66.4 Å². The Morgan fingerprint density at radius 1 is 1.39 bits per heavy atom. The Balaban J connectivity index is 1.84. The van der Waals surface area contributed by atoms with Gasteiger partial charge in [0.2, 0.25) is 5.91 Å². The van der Waals surface area contributed by atoms with Gasteiger partial charge in [-0.2, -0.15) is 0 Å². The minimum absolute atomic E-state index is 0.0596. The lowest BCUT2D eigenvalue weighted by molar-refractivity contribution is -0.187. The normalized spacial score (nSPS) is 28.5. The zero-order chi connectivity index (χ0) is 22.2. The van der Waals surface area contributed by atoms with Crippen LogP contribution in [-0.4, -0.2) is 42.8 Å². The fourth-order valence-electron chi connectivity index (χ4n) is 4.72. The molecule has 0 saturated carbocycles. The van der Waals surface area contributed by atoms with E-state index in [0.29, 0.717) is 25.7 Å². The van der Waals surface area contributed by atoms with Crippen LogP contribution in [0.4, 0.5) is 5.69 Å². The number of hydrogen-bond donors (Lipinski definition) is 2. The Morgan fingerprint density at radius 2 is 2.19 bits per heavy atom. The predicted octanol–water partition coefficient (Wildman–Crippen LogP) is 3.80. The van der Waals surface area contributed by atoms with Crippen molar-refractivity contribution in [2.45, 2.75) is 43.9 Å². The lowest BCUT2D eigenvalue weighted by Gasteiger charge is -2.33. The van der Waals surface area contributed by atoms with Crippen molar-refractivity contribution in [2.75, 3.05) is 19.1 Å². The van der Waals surface area contributed by atoms with Crippen LogP contribution in [0.5, 0.6) is 0 Å². The number of nitrogens with zero attached hydrogens (tertiary/aromatic N) is 2. The molecule has 1 amide bonds. The number of piperidine rings is 1. The molecule has 3 aliphatic rings. The molecular weight excluding hydrogens is 390 g/mol. The number of allylic oxidation sites excluding steroid dienone is 4. The van der Waals surface area contributed by atoms with E-state index in [4.69, 9.17) is 4.74 Å². The highest BCUT2D eigenvalue weighted by Gasteiger charge is 2.41. The van der Waals surface area contributed by atoms with Crippen LogP contribution in [0.15, 0.2) is 60.3 Å². The maximum Gasteiger partial charge on any atom is 0.247 e. The first kappa shape index (κ1) is 21.3. The van der Waals surface area contributed by atoms with Gasteiger partial charge in [0.05, 0.1) is 5.69 Å². The van der Waals surface area contributed by atoms with Crippen LogP contribution in [0, 0.1) is 0 Å². The smallest absolute Gasteiger partial charge is 0.247 e. The van der Waals surface area contributed by atoms with Gasteiger partial charge in [-0.1, -0.05) is 43.5 Å². The van der Waals surface area contributed by atoms with Crippen LogP contribution in [0.25, 0.3) is 11.1 Å². The van der Waals surface area contributed by atoms with E-state index in [2.05, 4.69) is 35.6 Å². The fourth-order valence-corrected chi connectivity index (χ4v) is 4.72. The van der Waals surface area contributed by atoms with E-state index in [9.17, 15) is 9.90 Å². The summed E-state index contributed by atoms with van der Waals surface area (Å²) in [4.78, 5) is 19.5. The predicted molar refractivity (Wildman–Crippen MR) is 125 cm³/mol. The van der Waals surface area contributed by atoms with E-state index >= 15 is 0 Å². The second-order valence-corrected chi connectivity index (χ2v) is 8.16. The average molecular weight is 420 g/mol. The van der Waals surface area contributed by atoms with E-state index in [-0.39, 0.29) is 11.9 Å². The molecule has 31 heavy (non-hydrogen) atoms. The topological polar surface area (TPSA) is 74.2 Å². The van der Waals surface area contributed by atoms with Crippen molar-refractivity contribution in [2.24, 2.45) is 4.99 Å². The van der Waals surface area contributed by atoms with Crippen LogP contribution in [0.2, 0.25) is 0 Å². The lowest BCUT2D eigenvalue weighted by atomic mass is 9.86. The molecule has 0 radical (unpaired) electrons. The molecule has 0 aromatic heterocycles. The van der Waals surface area contributed by atoms with Gasteiger partial charge in [0.15, 0.2) is 5.79 Å². The summed E-state index contributed by atoms with van der Waals surface area (Å²) in [5.74, 6) is -0.401. The van der Waals surface area contributed by atoms with Gasteiger partial charge < -0.3 is 20.1 Å². The number of amidine groups is 1. The number of ether oxygens (including phenoxy) is 1. The van der Waals surface area contributed by atoms with Crippen molar-refractivity contribution in [3.8, 4) is 0 Å². The van der Waals surface area contributed by atoms with Gasteiger partial charge in [0.25, 0.3) is 0 Å². The Labute approximate surface area is 183 Å². The van der Waals surface area contributed by atoms with Crippen molar-refractivity contribution >= 4 is 28.6 Å². The van der Waals surface area contributed by atoms with Crippen molar-refractivity contribution < 1.29 is 14.6 Å². The quantitative estimate of drug-likeness (QED) is 0.728. The first-order valence-electron chi connectivity index (χ1n) is 10.6. The summed E-state index contributed by atoms with van der Waals surface area (Å²) in [7, 11) is 3.29. The standard InChI is InChI=1S/C25H29N3O3/c1-5-7-19-22-18(17-12-14-25(30,31-4)15-13-17)8-6-9-20(22)28(23(19)26-3)21-11-10-16(2)27-24(21)29/h5-9,12,21,30H,1-2,10-11,13-15H2,3-4H3,(H,27,29)/b19-7-,26-23?. The third-order valence-electron chi connectivity index (χ3n) is 6.35. The summed E-state index contributed by atoms with van der Waals surface area (Å²) in [6, 6.07) is 5.80.